The van der Waals surface area contributed by atoms with Crippen molar-refractivity contribution in [3.05, 3.63) is 96.1 Å². The summed E-state index contributed by atoms with van der Waals surface area (Å²) in [5, 5.41) is 0. The first-order valence-corrected chi connectivity index (χ1v) is 7.40. The Bertz CT molecular complexity index is 726. The van der Waals surface area contributed by atoms with Gasteiger partial charge in [-0.05, 0) is 47.4 Å². The molecule has 4 heteroatoms. The zero-order valence-corrected chi connectivity index (χ0v) is 12.5. The van der Waals surface area contributed by atoms with Gasteiger partial charge < -0.3 is 4.57 Å². The molecule has 0 radical (unpaired) electrons. The van der Waals surface area contributed by atoms with E-state index in [0.29, 0.717) is 0 Å². The van der Waals surface area contributed by atoms with Gasteiger partial charge >= 0.3 is 0 Å². The zero-order chi connectivity index (χ0) is 16.1. The van der Waals surface area contributed by atoms with Crippen molar-refractivity contribution in [1.82, 2.24) is 9.55 Å². The molecule has 0 aliphatic carbocycles. The van der Waals surface area contributed by atoms with Gasteiger partial charge in [0.1, 0.15) is 11.6 Å². The van der Waals surface area contributed by atoms with Crippen LogP contribution in [0.2, 0.25) is 0 Å². The fourth-order valence-electron chi connectivity index (χ4n) is 2.44. The summed E-state index contributed by atoms with van der Waals surface area (Å²) in [6, 6.07) is 12.7. The topological polar surface area (TPSA) is 17.8 Å². The van der Waals surface area contributed by atoms with E-state index in [2.05, 4.69) is 11.1 Å². The van der Waals surface area contributed by atoms with Gasteiger partial charge in [-0.3, -0.25) is 0 Å². The van der Waals surface area contributed by atoms with Crippen LogP contribution in [0.1, 0.15) is 17.5 Å². The minimum absolute atomic E-state index is 0.273. The molecule has 0 saturated heterocycles. The Kier molecular flexibility index (Phi) is 4.62. The van der Waals surface area contributed by atoms with Crippen LogP contribution in [-0.2, 0) is 6.54 Å². The summed E-state index contributed by atoms with van der Waals surface area (Å²) in [5.41, 5.74) is 2.78. The number of imidazole rings is 1. The van der Waals surface area contributed by atoms with Crippen LogP contribution in [0.4, 0.5) is 8.78 Å². The van der Waals surface area contributed by atoms with Crippen molar-refractivity contribution in [1.29, 1.82) is 0 Å². The first kappa shape index (κ1) is 15.2. The SMILES string of the molecule is Fc1ccc(C(=CCCn2ccnc2)c2ccc(F)cc2)cc1. The number of hydrogen-bond acceptors (Lipinski definition) is 1. The summed E-state index contributed by atoms with van der Waals surface area (Å²) in [6.07, 6.45) is 8.29. The summed E-state index contributed by atoms with van der Waals surface area (Å²) < 4.78 is 28.3. The fourth-order valence-corrected chi connectivity index (χ4v) is 2.44. The minimum atomic E-state index is -0.273. The first-order chi connectivity index (χ1) is 11.2. The highest BCUT2D eigenvalue weighted by Crippen LogP contribution is 2.24. The van der Waals surface area contributed by atoms with Crippen molar-refractivity contribution in [3.63, 3.8) is 0 Å². The monoisotopic (exact) mass is 310 g/mol. The van der Waals surface area contributed by atoms with Crippen LogP contribution in [0.5, 0.6) is 0 Å². The molecule has 3 rings (SSSR count). The molecule has 0 fully saturated rings. The molecule has 1 heterocycles. The largest absolute Gasteiger partial charge is 0.337 e. The summed E-state index contributed by atoms with van der Waals surface area (Å²) in [4.78, 5) is 4.01. The van der Waals surface area contributed by atoms with Crippen molar-refractivity contribution in [2.75, 3.05) is 0 Å². The molecule has 23 heavy (non-hydrogen) atoms. The summed E-state index contributed by atoms with van der Waals surface area (Å²) in [5.74, 6) is -0.545. The van der Waals surface area contributed by atoms with E-state index in [1.165, 1.54) is 24.3 Å². The second-order valence-electron chi connectivity index (χ2n) is 5.22. The van der Waals surface area contributed by atoms with Gasteiger partial charge in [0, 0.05) is 18.9 Å². The third-order valence-electron chi connectivity index (χ3n) is 3.61. The summed E-state index contributed by atoms with van der Waals surface area (Å²) in [7, 11) is 0. The average Bonchev–Trinajstić information content (AvgIpc) is 3.07. The molecule has 2 nitrogen and oxygen atoms in total. The number of hydrogen-bond donors (Lipinski definition) is 0. The quantitative estimate of drug-likeness (QED) is 0.669. The maximum atomic E-state index is 13.2. The number of halogens is 2. The number of nitrogens with zero attached hydrogens (tertiary/aromatic N) is 2. The Balaban J connectivity index is 1.88. The molecule has 0 spiro atoms. The van der Waals surface area contributed by atoms with E-state index >= 15 is 0 Å². The highest BCUT2D eigenvalue weighted by atomic mass is 19.1. The van der Waals surface area contributed by atoms with Gasteiger partial charge in [0.25, 0.3) is 0 Å². The van der Waals surface area contributed by atoms with E-state index in [4.69, 9.17) is 0 Å². The van der Waals surface area contributed by atoms with Crippen molar-refractivity contribution in [3.8, 4) is 0 Å². The summed E-state index contributed by atoms with van der Waals surface area (Å²) in [6.45, 7) is 0.798. The van der Waals surface area contributed by atoms with Crippen molar-refractivity contribution < 1.29 is 8.78 Å². The lowest BCUT2D eigenvalue weighted by molar-refractivity contribution is 0.627. The van der Waals surface area contributed by atoms with Crippen LogP contribution in [0.15, 0.2) is 73.3 Å². The lowest BCUT2D eigenvalue weighted by Gasteiger charge is -2.09. The van der Waals surface area contributed by atoms with Crippen molar-refractivity contribution >= 4 is 5.57 Å². The molecule has 0 amide bonds. The van der Waals surface area contributed by atoms with Gasteiger partial charge in [0.15, 0.2) is 0 Å². The number of aromatic nitrogens is 2. The maximum absolute atomic E-state index is 13.2. The van der Waals surface area contributed by atoms with Gasteiger partial charge in [0.05, 0.1) is 6.33 Å². The van der Waals surface area contributed by atoms with E-state index in [-0.39, 0.29) is 11.6 Å². The fraction of sp³-hybridized carbons (Fsp3) is 0.105. The average molecular weight is 310 g/mol. The molecular weight excluding hydrogens is 294 g/mol. The molecule has 0 aliphatic heterocycles. The highest BCUT2D eigenvalue weighted by molar-refractivity contribution is 5.79. The molecule has 0 unspecified atom stereocenters. The van der Waals surface area contributed by atoms with E-state index in [1.54, 1.807) is 36.8 Å². The molecule has 0 atom stereocenters. The van der Waals surface area contributed by atoms with E-state index in [1.807, 2.05) is 10.8 Å². The molecule has 3 aromatic rings. The van der Waals surface area contributed by atoms with Crippen LogP contribution in [0, 0.1) is 11.6 Å². The Morgan fingerprint density at radius 3 is 1.96 bits per heavy atom. The van der Waals surface area contributed by atoms with Gasteiger partial charge in [0.2, 0.25) is 0 Å². The Morgan fingerprint density at radius 2 is 1.48 bits per heavy atom. The lowest BCUT2D eigenvalue weighted by Crippen LogP contribution is -1.94. The predicted octanol–water partition coefficient (Wildman–Crippen LogP) is 4.68. The van der Waals surface area contributed by atoms with Crippen LogP contribution in [0.3, 0.4) is 0 Å². The van der Waals surface area contributed by atoms with Gasteiger partial charge in [-0.1, -0.05) is 30.3 Å². The van der Waals surface area contributed by atoms with E-state index in [0.717, 1.165) is 29.7 Å². The van der Waals surface area contributed by atoms with Gasteiger partial charge in [-0.25, -0.2) is 13.8 Å². The smallest absolute Gasteiger partial charge is 0.123 e. The van der Waals surface area contributed by atoms with Crippen molar-refractivity contribution in [2.24, 2.45) is 0 Å². The highest BCUT2D eigenvalue weighted by Gasteiger charge is 2.06. The van der Waals surface area contributed by atoms with Crippen LogP contribution < -0.4 is 0 Å². The Morgan fingerprint density at radius 1 is 0.913 bits per heavy atom. The van der Waals surface area contributed by atoms with Crippen LogP contribution >= 0.6 is 0 Å². The molecule has 0 aliphatic rings. The maximum Gasteiger partial charge on any atom is 0.123 e. The Hall–Kier alpha value is -2.75. The van der Waals surface area contributed by atoms with Gasteiger partial charge in [-0.15, -0.1) is 0 Å². The lowest BCUT2D eigenvalue weighted by atomic mass is 9.97. The van der Waals surface area contributed by atoms with Crippen molar-refractivity contribution in [2.45, 2.75) is 13.0 Å². The summed E-state index contributed by atoms with van der Waals surface area (Å²) >= 11 is 0. The number of aryl methyl sites for hydroxylation is 1. The molecular formula is C19H16F2N2. The van der Waals surface area contributed by atoms with Crippen LogP contribution in [-0.4, -0.2) is 9.55 Å². The number of rotatable bonds is 5. The molecule has 0 saturated carbocycles. The molecule has 116 valence electrons. The number of allylic oxidation sites excluding steroid dienone is 1. The second kappa shape index (κ2) is 7.01. The van der Waals surface area contributed by atoms with E-state index < -0.39 is 0 Å². The van der Waals surface area contributed by atoms with Gasteiger partial charge in [-0.2, -0.15) is 0 Å². The molecule has 2 aromatic carbocycles. The number of benzene rings is 2. The predicted molar refractivity (Wildman–Crippen MR) is 86.7 cm³/mol. The molecule has 0 bridgehead atoms. The Labute approximate surface area is 133 Å². The normalized spacial score (nSPS) is 10.5. The molecule has 1 aromatic heterocycles. The second-order valence-corrected chi connectivity index (χ2v) is 5.22. The minimum Gasteiger partial charge on any atom is -0.337 e. The first-order valence-electron chi connectivity index (χ1n) is 7.40. The standard InChI is InChI=1S/C19H16F2N2/c20-17-7-3-15(4-8-17)19(16-5-9-18(21)10-6-16)2-1-12-23-13-11-22-14-23/h2-11,13-14H,1,12H2. The third-order valence-corrected chi connectivity index (χ3v) is 3.61. The van der Waals surface area contributed by atoms with E-state index in [9.17, 15) is 8.78 Å². The zero-order valence-electron chi connectivity index (χ0n) is 12.5. The third kappa shape index (κ3) is 3.92. The van der Waals surface area contributed by atoms with Crippen LogP contribution in [0.25, 0.3) is 5.57 Å². The molecule has 0 N–H and O–H groups in total.